The first-order valence-electron chi connectivity index (χ1n) is 9.14. The third-order valence-electron chi connectivity index (χ3n) is 5.06. The minimum atomic E-state index is -3.84. The first-order chi connectivity index (χ1) is 13.4. The molecule has 0 saturated carbocycles. The van der Waals surface area contributed by atoms with Crippen molar-refractivity contribution in [2.75, 3.05) is 31.7 Å². The molecule has 4 rings (SSSR count). The van der Waals surface area contributed by atoms with Crippen LogP contribution in [-0.2, 0) is 21.2 Å². The number of amides is 1. The molecule has 2 aromatic rings. The summed E-state index contributed by atoms with van der Waals surface area (Å²) in [5.41, 5.74) is 1.95. The fourth-order valence-electron chi connectivity index (χ4n) is 3.66. The number of sulfonamides is 1. The molecule has 28 heavy (non-hydrogen) atoms. The summed E-state index contributed by atoms with van der Waals surface area (Å²) in [5, 5.41) is 0. The number of fused-ring (bicyclic) bond motifs is 2. The molecular formula is C20H22N2O5S. The second kappa shape index (κ2) is 7.10. The predicted molar refractivity (Wildman–Crippen MR) is 104 cm³/mol. The highest BCUT2D eigenvalue weighted by atomic mass is 32.2. The van der Waals surface area contributed by atoms with Gasteiger partial charge in [0.05, 0.1) is 11.4 Å². The van der Waals surface area contributed by atoms with Crippen molar-refractivity contribution in [2.45, 2.75) is 24.3 Å². The van der Waals surface area contributed by atoms with Crippen molar-refractivity contribution in [1.29, 1.82) is 0 Å². The second-order valence-corrected chi connectivity index (χ2v) is 9.06. The summed E-state index contributed by atoms with van der Waals surface area (Å²) >= 11 is 0. The molecule has 0 saturated heterocycles. The van der Waals surface area contributed by atoms with Gasteiger partial charge in [-0.1, -0.05) is 18.2 Å². The van der Waals surface area contributed by atoms with Crippen LogP contribution in [0.25, 0.3) is 0 Å². The molecule has 0 aliphatic carbocycles. The Balaban J connectivity index is 1.54. The number of benzene rings is 2. The zero-order chi connectivity index (χ0) is 19.9. The largest absolute Gasteiger partial charge is 0.486 e. The zero-order valence-corrected chi connectivity index (χ0v) is 16.6. The van der Waals surface area contributed by atoms with Gasteiger partial charge in [-0.2, -0.15) is 4.31 Å². The number of hydrogen-bond donors (Lipinski definition) is 0. The number of anilines is 1. The summed E-state index contributed by atoms with van der Waals surface area (Å²) in [7, 11) is -2.43. The Labute approximate surface area is 164 Å². The maximum atomic E-state index is 13.0. The maximum absolute atomic E-state index is 13.0. The van der Waals surface area contributed by atoms with E-state index in [-0.39, 0.29) is 23.4 Å². The lowest BCUT2D eigenvalue weighted by molar-refractivity contribution is -0.118. The lowest BCUT2D eigenvalue weighted by atomic mass is 10.1. The molecule has 1 amide bonds. The molecule has 0 bridgehead atoms. The molecule has 0 unspecified atom stereocenters. The summed E-state index contributed by atoms with van der Waals surface area (Å²) in [5.74, 6) is 0.668. The number of rotatable bonds is 4. The highest BCUT2D eigenvalue weighted by Crippen LogP contribution is 2.34. The lowest BCUT2D eigenvalue weighted by Gasteiger charge is -2.26. The Morgan fingerprint density at radius 2 is 1.86 bits per heavy atom. The molecule has 7 nitrogen and oxygen atoms in total. The minimum absolute atomic E-state index is 0.00435. The SMILES string of the molecule is C[C@H]1Cc2ccccc2N1C(=O)CN(C)S(=O)(=O)c1ccc2c(c1)OCCO2. The Morgan fingerprint density at radius 3 is 2.64 bits per heavy atom. The molecule has 0 fully saturated rings. The van der Waals surface area contributed by atoms with Gasteiger partial charge < -0.3 is 14.4 Å². The van der Waals surface area contributed by atoms with Gasteiger partial charge in [0.2, 0.25) is 15.9 Å². The smallest absolute Gasteiger partial charge is 0.243 e. The summed E-state index contributed by atoms with van der Waals surface area (Å²) in [6.07, 6.45) is 0.764. The number of nitrogens with zero attached hydrogens (tertiary/aromatic N) is 2. The van der Waals surface area contributed by atoms with Gasteiger partial charge in [0.1, 0.15) is 13.2 Å². The minimum Gasteiger partial charge on any atom is -0.486 e. The number of ether oxygens (including phenoxy) is 2. The van der Waals surface area contributed by atoms with Gasteiger partial charge in [-0.05, 0) is 37.1 Å². The van der Waals surface area contributed by atoms with Crippen molar-refractivity contribution in [3.63, 3.8) is 0 Å². The molecule has 2 aliphatic heterocycles. The van der Waals surface area contributed by atoms with Crippen LogP contribution in [0.4, 0.5) is 5.69 Å². The van der Waals surface area contributed by atoms with Crippen LogP contribution in [0.15, 0.2) is 47.4 Å². The first-order valence-corrected chi connectivity index (χ1v) is 10.6. The van der Waals surface area contributed by atoms with Gasteiger partial charge in [-0.25, -0.2) is 8.42 Å². The van der Waals surface area contributed by atoms with Gasteiger partial charge in [0.25, 0.3) is 0 Å². The molecule has 8 heteroatoms. The number of hydrogen-bond acceptors (Lipinski definition) is 5. The predicted octanol–water partition coefficient (Wildman–Crippen LogP) is 2.06. The van der Waals surface area contributed by atoms with Crippen LogP contribution in [-0.4, -0.2) is 51.5 Å². The molecule has 0 aromatic heterocycles. The van der Waals surface area contributed by atoms with E-state index in [0.29, 0.717) is 24.7 Å². The van der Waals surface area contributed by atoms with Crippen molar-refractivity contribution in [1.82, 2.24) is 4.31 Å². The Hall–Kier alpha value is -2.58. The normalized spacial score (nSPS) is 18.2. The van der Waals surface area contributed by atoms with E-state index < -0.39 is 10.0 Å². The highest BCUT2D eigenvalue weighted by Gasteiger charge is 2.33. The van der Waals surface area contributed by atoms with Crippen molar-refractivity contribution in [2.24, 2.45) is 0 Å². The van der Waals surface area contributed by atoms with Crippen molar-refractivity contribution < 1.29 is 22.7 Å². The number of likely N-dealkylation sites (N-methyl/N-ethyl adjacent to an activating group) is 1. The van der Waals surface area contributed by atoms with E-state index in [1.165, 1.54) is 19.2 Å². The quantitative estimate of drug-likeness (QED) is 0.782. The standard InChI is InChI=1S/C20H22N2O5S/c1-14-11-15-5-3-4-6-17(15)22(14)20(23)13-21(2)28(24,25)16-7-8-18-19(12-16)27-10-9-26-18/h3-8,12,14H,9-11,13H2,1-2H3/t14-/m0/s1. The molecule has 0 spiro atoms. The fourth-order valence-corrected chi connectivity index (χ4v) is 4.80. The van der Waals surface area contributed by atoms with E-state index in [1.807, 2.05) is 31.2 Å². The third-order valence-corrected chi connectivity index (χ3v) is 6.86. The Kier molecular flexibility index (Phi) is 4.76. The molecule has 148 valence electrons. The van der Waals surface area contributed by atoms with Gasteiger partial charge in [-0.3, -0.25) is 4.79 Å². The Morgan fingerprint density at radius 1 is 1.14 bits per heavy atom. The van der Waals surface area contributed by atoms with E-state index in [1.54, 1.807) is 11.0 Å². The van der Waals surface area contributed by atoms with Crippen LogP contribution < -0.4 is 14.4 Å². The van der Waals surface area contributed by atoms with Crippen LogP contribution in [0, 0.1) is 0 Å². The van der Waals surface area contributed by atoms with Gasteiger partial charge >= 0.3 is 0 Å². The second-order valence-electron chi connectivity index (χ2n) is 7.01. The van der Waals surface area contributed by atoms with E-state index in [4.69, 9.17) is 9.47 Å². The maximum Gasteiger partial charge on any atom is 0.243 e. The van der Waals surface area contributed by atoms with E-state index in [2.05, 4.69) is 0 Å². The van der Waals surface area contributed by atoms with Crippen LogP contribution in [0.5, 0.6) is 11.5 Å². The molecular weight excluding hydrogens is 380 g/mol. The van der Waals surface area contributed by atoms with Crippen LogP contribution in [0.2, 0.25) is 0 Å². The van der Waals surface area contributed by atoms with E-state index in [9.17, 15) is 13.2 Å². The average molecular weight is 402 g/mol. The summed E-state index contributed by atoms with van der Waals surface area (Å²) in [6.45, 7) is 2.53. The number of carbonyl (C=O) groups excluding carboxylic acids is 1. The topological polar surface area (TPSA) is 76.2 Å². The summed E-state index contributed by atoms with van der Waals surface area (Å²) in [6, 6.07) is 12.2. The average Bonchev–Trinajstić information content (AvgIpc) is 3.03. The van der Waals surface area contributed by atoms with Crippen LogP contribution in [0.3, 0.4) is 0 Å². The van der Waals surface area contributed by atoms with Gasteiger partial charge in [-0.15, -0.1) is 0 Å². The molecule has 2 aromatic carbocycles. The van der Waals surface area contributed by atoms with Crippen molar-refractivity contribution in [3.8, 4) is 11.5 Å². The van der Waals surface area contributed by atoms with Crippen LogP contribution >= 0.6 is 0 Å². The first kappa shape index (κ1) is 18.8. The molecule has 2 aliphatic rings. The third kappa shape index (κ3) is 3.22. The lowest BCUT2D eigenvalue weighted by Crippen LogP contribution is -2.43. The number of carbonyl (C=O) groups is 1. The summed E-state index contributed by atoms with van der Waals surface area (Å²) < 4.78 is 37.9. The molecule has 0 radical (unpaired) electrons. The van der Waals surface area contributed by atoms with Crippen molar-refractivity contribution >= 4 is 21.6 Å². The molecule has 0 N–H and O–H groups in total. The Bertz CT molecular complexity index is 1020. The van der Waals surface area contributed by atoms with E-state index in [0.717, 1.165) is 22.0 Å². The van der Waals surface area contributed by atoms with Crippen molar-refractivity contribution in [3.05, 3.63) is 48.0 Å². The van der Waals surface area contributed by atoms with E-state index >= 15 is 0 Å². The molecule has 1 atom stereocenters. The monoisotopic (exact) mass is 402 g/mol. The van der Waals surface area contributed by atoms with Gasteiger partial charge in [0.15, 0.2) is 11.5 Å². The fraction of sp³-hybridized carbons (Fsp3) is 0.350. The molecule has 2 heterocycles. The summed E-state index contributed by atoms with van der Waals surface area (Å²) in [4.78, 5) is 14.7. The highest BCUT2D eigenvalue weighted by molar-refractivity contribution is 7.89. The van der Waals surface area contributed by atoms with Crippen LogP contribution in [0.1, 0.15) is 12.5 Å². The zero-order valence-electron chi connectivity index (χ0n) is 15.8. The van der Waals surface area contributed by atoms with Gasteiger partial charge in [0, 0.05) is 24.8 Å². The number of para-hydroxylation sites is 1.